The molecule has 1 saturated heterocycles. The van der Waals surface area contributed by atoms with Crippen LogP contribution < -0.4 is 10.2 Å². The van der Waals surface area contributed by atoms with Crippen LogP contribution in [0.3, 0.4) is 0 Å². The third kappa shape index (κ3) is 4.19. The molecule has 2 aromatic carbocycles. The van der Waals surface area contributed by atoms with Gasteiger partial charge in [0.15, 0.2) is 5.75 Å². The van der Waals surface area contributed by atoms with Crippen LogP contribution in [0.1, 0.15) is 11.1 Å². The number of barbiturate groups is 1. The second-order valence-corrected chi connectivity index (χ2v) is 6.53. The van der Waals surface area contributed by atoms with Gasteiger partial charge in [-0.2, -0.15) is 13.2 Å². The zero-order valence-corrected chi connectivity index (χ0v) is 15.7. The molecule has 0 saturated carbocycles. The van der Waals surface area contributed by atoms with E-state index in [0.29, 0.717) is 12.1 Å². The van der Waals surface area contributed by atoms with Crippen molar-refractivity contribution in [2.24, 2.45) is 0 Å². The molecule has 0 spiro atoms. The van der Waals surface area contributed by atoms with Gasteiger partial charge in [0.05, 0.1) is 21.2 Å². The molecule has 0 bridgehead atoms. The predicted octanol–water partition coefficient (Wildman–Crippen LogP) is 3.64. The summed E-state index contributed by atoms with van der Waals surface area (Å²) in [7, 11) is 0. The number of carbonyl (C=O) groups is 3. The molecule has 1 aliphatic heterocycles. The maximum absolute atomic E-state index is 13.0. The minimum atomic E-state index is -4.80. The molecular weight excluding hydrogens is 447 g/mol. The first-order chi connectivity index (χ1) is 14.4. The first kappa shape index (κ1) is 21.8. The lowest BCUT2D eigenvalue weighted by atomic mass is 10.1. The van der Waals surface area contributed by atoms with Gasteiger partial charge in [0.1, 0.15) is 5.57 Å². The van der Waals surface area contributed by atoms with E-state index in [1.54, 1.807) is 5.32 Å². The number of rotatable bonds is 3. The molecule has 1 heterocycles. The number of urea groups is 1. The maximum atomic E-state index is 13.0. The SMILES string of the molecule is O=C1NC(=O)N(c2cc(C(F)(F)F)ccc2Cl)C(=O)C1=Cc1ccc(O)c([N+](=O)[O-])c1. The summed E-state index contributed by atoms with van der Waals surface area (Å²) in [5.74, 6) is -3.14. The summed E-state index contributed by atoms with van der Waals surface area (Å²) in [6.07, 6.45) is -3.92. The predicted molar refractivity (Wildman–Crippen MR) is 100 cm³/mol. The summed E-state index contributed by atoms with van der Waals surface area (Å²) in [5.41, 5.74) is -3.29. The number of aromatic hydroxyl groups is 1. The van der Waals surface area contributed by atoms with Crippen molar-refractivity contribution in [2.75, 3.05) is 4.90 Å². The number of nitro groups is 1. The van der Waals surface area contributed by atoms with Crippen molar-refractivity contribution in [1.82, 2.24) is 5.32 Å². The van der Waals surface area contributed by atoms with Crippen molar-refractivity contribution in [3.05, 3.63) is 68.2 Å². The van der Waals surface area contributed by atoms with Crippen molar-refractivity contribution < 1.29 is 37.6 Å². The average Bonchev–Trinajstić information content (AvgIpc) is 2.66. The molecule has 1 fully saturated rings. The number of nitrogens with one attached hydrogen (secondary N) is 1. The molecule has 0 unspecified atom stereocenters. The summed E-state index contributed by atoms with van der Waals surface area (Å²) >= 11 is 5.88. The van der Waals surface area contributed by atoms with Crippen molar-refractivity contribution >= 4 is 46.9 Å². The third-order valence-corrected chi connectivity index (χ3v) is 4.44. The first-order valence-electron chi connectivity index (χ1n) is 8.15. The minimum absolute atomic E-state index is 0.0626. The van der Waals surface area contributed by atoms with Gasteiger partial charge in [0, 0.05) is 6.07 Å². The second-order valence-electron chi connectivity index (χ2n) is 6.13. The first-order valence-corrected chi connectivity index (χ1v) is 8.53. The number of hydrogen-bond donors (Lipinski definition) is 2. The molecule has 13 heteroatoms. The number of carbonyl (C=O) groups excluding carboxylic acids is 3. The zero-order chi connectivity index (χ0) is 23.1. The molecule has 0 atom stereocenters. The van der Waals surface area contributed by atoms with E-state index in [4.69, 9.17) is 11.6 Å². The molecule has 1 aliphatic rings. The van der Waals surface area contributed by atoms with E-state index in [-0.39, 0.29) is 15.5 Å². The van der Waals surface area contributed by atoms with Gasteiger partial charge in [-0.1, -0.05) is 17.7 Å². The molecular formula is C18H9ClF3N3O6. The largest absolute Gasteiger partial charge is 0.502 e. The van der Waals surface area contributed by atoms with Gasteiger partial charge < -0.3 is 5.11 Å². The molecule has 2 aromatic rings. The van der Waals surface area contributed by atoms with Crippen LogP contribution in [0.2, 0.25) is 5.02 Å². The lowest BCUT2D eigenvalue weighted by Crippen LogP contribution is -2.54. The van der Waals surface area contributed by atoms with E-state index < -0.39 is 57.2 Å². The van der Waals surface area contributed by atoms with Gasteiger partial charge in [-0.25, -0.2) is 9.69 Å². The van der Waals surface area contributed by atoms with E-state index in [9.17, 15) is 42.8 Å². The lowest BCUT2D eigenvalue weighted by molar-refractivity contribution is -0.385. The molecule has 3 rings (SSSR count). The highest BCUT2D eigenvalue weighted by Crippen LogP contribution is 2.37. The van der Waals surface area contributed by atoms with Gasteiger partial charge in [0.2, 0.25) is 0 Å². The second kappa shape index (κ2) is 7.72. The Morgan fingerprint density at radius 2 is 1.81 bits per heavy atom. The number of nitrogens with zero attached hydrogens (tertiary/aromatic N) is 2. The van der Waals surface area contributed by atoms with Gasteiger partial charge in [-0.3, -0.25) is 25.0 Å². The fraction of sp³-hybridized carbons (Fsp3) is 0.0556. The Balaban J connectivity index is 2.09. The maximum Gasteiger partial charge on any atom is 0.416 e. The number of phenolic OH excluding ortho intramolecular Hbond substituents is 1. The standard InChI is InChI=1S/C18H9ClF3N3O6/c19-11-3-2-9(18(20,21)22)7-12(11)24-16(28)10(15(27)23-17(24)29)5-8-1-4-14(26)13(6-8)25(30)31/h1-7,26H,(H,23,27,29). The molecule has 4 amide bonds. The van der Waals surface area contributed by atoms with Crippen LogP contribution in [0.15, 0.2) is 42.0 Å². The van der Waals surface area contributed by atoms with Crippen LogP contribution in [-0.4, -0.2) is 27.9 Å². The van der Waals surface area contributed by atoms with Gasteiger partial charge >= 0.3 is 17.9 Å². The number of anilines is 1. The number of nitro benzene ring substituents is 1. The number of halogens is 4. The van der Waals surface area contributed by atoms with Crippen LogP contribution in [-0.2, 0) is 15.8 Å². The van der Waals surface area contributed by atoms with E-state index >= 15 is 0 Å². The van der Waals surface area contributed by atoms with Crippen LogP contribution in [0.25, 0.3) is 6.08 Å². The number of phenols is 1. The highest BCUT2D eigenvalue weighted by atomic mass is 35.5. The highest BCUT2D eigenvalue weighted by Gasteiger charge is 2.39. The van der Waals surface area contributed by atoms with Crippen LogP contribution in [0.5, 0.6) is 5.75 Å². The number of amides is 4. The minimum Gasteiger partial charge on any atom is -0.502 e. The van der Waals surface area contributed by atoms with Crippen molar-refractivity contribution in [3.63, 3.8) is 0 Å². The zero-order valence-electron chi connectivity index (χ0n) is 14.9. The Morgan fingerprint density at radius 1 is 1.13 bits per heavy atom. The van der Waals surface area contributed by atoms with Crippen molar-refractivity contribution in [2.45, 2.75) is 6.18 Å². The number of alkyl halides is 3. The van der Waals surface area contributed by atoms with Gasteiger partial charge in [-0.15, -0.1) is 0 Å². The van der Waals surface area contributed by atoms with Crippen LogP contribution in [0, 0.1) is 10.1 Å². The Hall–Kier alpha value is -3.93. The number of imide groups is 2. The topological polar surface area (TPSA) is 130 Å². The summed E-state index contributed by atoms with van der Waals surface area (Å²) in [5, 5.41) is 21.9. The number of hydrogen-bond acceptors (Lipinski definition) is 6. The summed E-state index contributed by atoms with van der Waals surface area (Å²) in [6, 6.07) is 3.58. The number of benzene rings is 2. The smallest absolute Gasteiger partial charge is 0.416 e. The molecule has 2 N–H and O–H groups in total. The van der Waals surface area contributed by atoms with Crippen LogP contribution in [0.4, 0.5) is 29.3 Å². The molecule has 0 aliphatic carbocycles. The molecule has 9 nitrogen and oxygen atoms in total. The fourth-order valence-corrected chi connectivity index (χ4v) is 2.88. The Bertz CT molecular complexity index is 1180. The molecule has 0 aromatic heterocycles. The van der Waals surface area contributed by atoms with Crippen molar-refractivity contribution in [1.29, 1.82) is 0 Å². The quantitative estimate of drug-likeness (QED) is 0.314. The summed E-state index contributed by atoms with van der Waals surface area (Å²) < 4.78 is 39.1. The van der Waals surface area contributed by atoms with E-state index in [1.165, 1.54) is 0 Å². The van der Waals surface area contributed by atoms with Crippen molar-refractivity contribution in [3.8, 4) is 5.75 Å². The monoisotopic (exact) mass is 455 g/mol. The summed E-state index contributed by atoms with van der Waals surface area (Å²) in [4.78, 5) is 47.4. The van der Waals surface area contributed by atoms with E-state index in [1.807, 2.05) is 0 Å². The molecule has 160 valence electrons. The van der Waals surface area contributed by atoms with E-state index in [0.717, 1.165) is 30.3 Å². The third-order valence-electron chi connectivity index (χ3n) is 4.12. The van der Waals surface area contributed by atoms with Crippen LogP contribution >= 0.6 is 11.6 Å². The Kier molecular flexibility index (Phi) is 5.42. The van der Waals surface area contributed by atoms with Gasteiger partial charge in [0.25, 0.3) is 11.8 Å². The Labute approximate surface area is 175 Å². The molecule has 0 radical (unpaired) electrons. The lowest BCUT2D eigenvalue weighted by Gasteiger charge is -2.27. The normalized spacial score (nSPS) is 15.9. The fourth-order valence-electron chi connectivity index (χ4n) is 2.68. The highest BCUT2D eigenvalue weighted by molar-refractivity contribution is 6.42. The average molecular weight is 456 g/mol. The van der Waals surface area contributed by atoms with Gasteiger partial charge in [-0.05, 0) is 35.9 Å². The summed E-state index contributed by atoms with van der Waals surface area (Å²) in [6.45, 7) is 0. The Morgan fingerprint density at radius 3 is 2.42 bits per heavy atom. The van der Waals surface area contributed by atoms with E-state index in [2.05, 4.69) is 0 Å². The molecule has 31 heavy (non-hydrogen) atoms.